The van der Waals surface area contributed by atoms with E-state index in [9.17, 15) is 19.5 Å². The minimum atomic E-state index is -1.25. The summed E-state index contributed by atoms with van der Waals surface area (Å²) in [7, 11) is 0. The monoisotopic (exact) mass is 516 g/mol. The maximum absolute atomic E-state index is 13.8. The van der Waals surface area contributed by atoms with Gasteiger partial charge in [0.1, 0.15) is 17.8 Å². The van der Waals surface area contributed by atoms with Gasteiger partial charge in [-0.25, -0.2) is 0 Å². The predicted molar refractivity (Wildman–Crippen MR) is 134 cm³/mol. The molecule has 0 aliphatic carbocycles. The number of carboxylic acids is 1. The lowest BCUT2D eigenvalue weighted by molar-refractivity contribution is -0.148. The molecular formula is C26H26Cl2N2O5. The first kappa shape index (κ1) is 25.1. The van der Waals surface area contributed by atoms with Gasteiger partial charge >= 0.3 is 5.97 Å². The molecule has 184 valence electrons. The maximum atomic E-state index is 13.8. The fourth-order valence-electron chi connectivity index (χ4n) is 4.95. The van der Waals surface area contributed by atoms with E-state index in [0.29, 0.717) is 38.2 Å². The molecule has 0 aromatic heterocycles. The molecule has 2 aromatic carbocycles. The van der Waals surface area contributed by atoms with E-state index in [-0.39, 0.29) is 24.8 Å². The summed E-state index contributed by atoms with van der Waals surface area (Å²) in [5.41, 5.74) is -0.0131. The van der Waals surface area contributed by atoms with Gasteiger partial charge in [0.2, 0.25) is 11.8 Å². The van der Waals surface area contributed by atoms with E-state index in [4.69, 9.17) is 27.9 Å². The van der Waals surface area contributed by atoms with Gasteiger partial charge in [-0.2, -0.15) is 0 Å². The summed E-state index contributed by atoms with van der Waals surface area (Å²) in [6.07, 6.45) is -0.0156. The molecular weight excluding hydrogens is 491 g/mol. The van der Waals surface area contributed by atoms with E-state index >= 15 is 0 Å². The van der Waals surface area contributed by atoms with Crippen molar-refractivity contribution in [1.82, 2.24) is 5.32 Å². The minimum absolute atomic E-state index is 0.0156. The fourth-order valence-corrected chi connectivity index (χ4v) is 5.31. The van der Waals surface area contributed by atoms with Crippen LogP contribution in [0.5, 0.6) is 5.75 Å². The van der Waals surface area contributed by atoms with E-state index in [2.05, 4.69) is 17.2 Å². The largest absolute Gasteiger partial charge is 0.492 e. The van der Waals surface area contributed by atoms with Crippen molar-refractivity contribution in [1.29, 1.82) is 0 Å². The number of piperidine rings is 1. The first-order chi connectivity index (χ1) is 16.4. The van der Waals surface area contributed by atoms with Gasteiger partial charge in [0, 0.05) is 33.6 Å². The van der Waals surface area contributed by atoms with Crippen molar-refractivity contribution in [3.05, 3.63) is 69.7 Å². The van der Waals surface area contributed by atoms with Crippen LogP contribution in [0.4, 0.5) is 5.69 Å². The number of carbonyl (C=O) groups excluding carboxylic acids is 2. The molecule has 2 aliphatic heterocycles. The minimum Gasteiger partial charge on any atom is -0.492 e. The molecule has 2 amide bonds. The van der Waals surface area contributed by atoms with Crippen LogP contribution in [0.1, 0.15) is 44.2 Å². The summed E-state index contributed by atoms with van der Waals surface area (Å²) in [5.74, 6) is -1.88. The summed E-state index contributed by atoms with van der Waals surface area (Å²) in [5, 5.41) is 16.3. The number of fused-ring (bicyclic) bond motifs is 2. The predicted octanol–water partition coefficient (Wildman–Crippen LogP) is 4.92. The van der Waals surface area contributed by atoms with Crippen molar-refractivity contribution in [2.24, 2.45) is 5.41 Å². The van der Waals surface area contributed by atoms with Gasteiger partial charge in [0.25, 0.3) is 0 Å². The van der Waals surface area contributed by atoms with Crippen LogP contribution in [0, 0.1) is 5.41 Å². The van der Waals surface area contributed by atoms with Crippen molar-refractivity contribution in [2.75, 3.05) is 11.9 Å². The molecule has 0 saturated carbocycles. The Hall–Kier alpha value is -3.03. The first-order valence-electron chi connectivity index (χ1n) is 11.1. The second kappa shape index (κ2) is 8.88. The zero-order valence-corrected chi connectivity index (χ0v) is 21.1. The van der Waals surface area contributed by atoms with Crippen molar-refractivity contribution in [2.45, 2.75) is 44.6 Å². The van der Waals surface area contributed by atoms with Crippen molar-refractivity contribution < 1.29 is 24.2 Å². The lowest BCUT2D eigenvalue weighted by Gasteiger charge is -2.46. The highest BCUT2D eigenvalue weighted by Crippen LogP contribution is 2.55. The highest BCUT2D eigenvalue weighted by atomic mass is 35.5. The number of hydrogen-bond acceptors (Lipinski definition) is 4. The number of hydrogen-bond donors (Lipinski definition) is 3. The Morgan fingerprint density at radius 1 is 1.20 bits per heavy atom. The number of carboxylic acid groups (broad SMARTS) is 1. The number of anilines is 1. The average molecular weight is 517 g/mol. The van der Waals surface area contributed by atoms with E-state index < -0.39 is 28.8 Å². The average Bonchev–Trinajstić information content (AvgIpc) is 3.05. The lowest BCUT2D eigenvalue weighted by atomic mass is 9.59. The molecule has 3 atom stereocenters. The third-order valence-corrected chi connectivity index (χ3v) is 7.23. The lowest BCUT2D eigenvalue weighted by Crippen LogP contribution is -2.62. The van der Waals surface area contributed by atoms with Crippen molar-refractivity contribution in [3.8, 4) is 5.75 Å². The topological polar surface area (TPSA) is 105 Å². The van der Waals surface area contributed by atoms with Gasteiger partial charge in [-0.05, 0) is 56.7 Å². The van der Waals surface area contributed by atoms with Crippen LogP contribution in [-0.2, 0) is 19.8 Å². The number of nitrogens with one attached hydrogen (secondary N) is 2. The van der Waals surface area contributed by atoms with Gasteiger partial charge < -0.3 is 20.5 Å². The Labute approximate surface area is 213 Å². The Balaban J connectivity index is 1.93. The van der Waals surface area contributed by atoms with E-state index in [1.165, 1.54) is 0 Å². The van der Waals surface area contributed by atoms with Gasteiger partial charge in [0.15, 0.2) is 0 Å². The Morgan fingerprint density at radius 3 is 2.51 bits per heavy atom. The Bertz CT molecular complexity index is 1260. The second-order valence-corrected chi connectivity index (χ2v) is 10.6. The van der Waals surface area contributed by atoms with Crippen LogP contribution in [-0.4, -0.2) is 35.5 Å². The standard InChI is InChI=1S/C26H26Cl2N2O5/c1-13(2)22-26(17-7-5-15(28)10-19(17)29-23(26)32)18(11-21(31)30-22)16-9-14(27)6-8-20(16)35-12-25(3,4)24(33)34/h5-10,18,22H,1,11-12H2,2-4H3,(H,29,32)(H,30,31)(H,33,34)/t18-,22+,26-/m0/s1. The van der Waals surface area contributed by atoms with Gasteiger partial charge in [-0.15, -0.1) is 0 Å². The molecule has 0 unspecified atom stereocenters. The van der Waals surface area contributed by atoms with E-state index in [1.54, 1.807) is 57.2 Å². The molecule has 2 aliphatic rings. The molecule has 7 nitrogen and oxygen atoms in total. The highest BCUT2D eigenvalue weighted by molar-refractivity contribution is 6.31. The fraction of sp³-hybridized carbons (Fsp3) is 0.346. The molecule has 3 N–H and O–H groups in total. The quantitative estimate of drug-likeness (QED) is 0.472. The number of amides is 2. The van der Waals surface area contributed by atoms with Gasteiger partial charge in [-0.1, -0.05) is 41.4 Å². The molecule has 9 heteroatoms. The molecule has 0 radical (unpaired) electrons. The molecule has 0 bridgehead atoms. The zero-order chi connectivity index (χ0) is 25.7. The number of aliphatic carboxylic acids is 1. The maximum Gasteiger partial charge on any atom is 0.312 e. The van der Waals surface area contributed by atoms with E-state index in [0.717, 1.165) is 0 Å². The van der Waals surface area contributed by atoms with Crippen LogP contribution in [0.3, 0.4) is 0 Å². The van der Waals surface area contributed by atoms with Crippen LogP contribution < -0.4 is 15.4 Å². The van der Waals surface area contributed by atoms with E-state index in [1.807, 2.05) is 0 Å². The summed E-state index contributed by atoms with van der Waals surface area (Å²) in [4.78, 5) is 38.4. The number of benzene rings is 2. The van der Waals surface area contributed by atoms with Crippen molar-refractivity contribution >= 4 is 46.7 Å². The summed E-state index contributed by atoms with van der Waals surface area (Å²) >= 11 is 12.6. The number of halogens is 2. The highest BCUT2D eigenvalue weighted by Gasteiger charge is 2.61. The first-order valence-corrected chi connectivity index (χ1v) is 11.9. The number of carbonyl (C=O) groups is 3. The second-order valence-electron chi connectivity index (χ2n) is 9.78. The van der Waals surface area contributed by atoms with Gasteiger partial charge in [0.05, 0.1) is 11.5 Å². The molecule has 2 aromatic rings. The normalized spacial score (nSPS) is 23.5. The van der Waals surface area contributed by atoms with Gasteiger partial charge in [-0.3, -0.25) is 14.4 Å². The van der Waals surface area contributed by atoms with Crippen LogP contribution in [0.15, 0.2) is 48.6 Å². The number of ether oxygens (including phenoxy) is 1. The smallest absolute Gasteiger partial charge is 0.312 e. The van der Waals surface area contributed by atoms with Crippen LogP contribution in [0.25, 0.3) is 0 Å². The summed E-state index contributed by atoms with van der Waals surface area (Å²) in [6, 6.07) is 9.40. The molecule has 1 spiro atoms. The molecule has 4 rings (SSSR count). The Kier molecular flexibility index (Phi) is 6.36. The molecule has 35 heavy (non-hydrogen) atoms. The van der Waals surface area contributed by atoms with Crippen LogP contribution in [0.2, 0.25) is 10.0 Å². The summed E-state index contributed by atoms with van der Waals surface area (Å²) in [6.45, 7) is 8.83. The molecule has 1 fully saturated rings. The van der Waals surface area contributed by atoms with Crippen LogP contribution >= 0.6 is 23.2 Å². The third kappa shape index (κ3) is 4.17. The zero-order valence-electron chi connectivity index (χ0n) is 19.6. The Morgan fingerprint density at radius 2 is 1.86 bits per heavy atom. The van der Waals surface area contributed by atoms with Crippen molar-refractivity contribution in [3.63, 3.8) is 0 Å². The SMILES string of the molecule is C=C(C)[C@H]1NC(=O)C[C@@H](c2cc(Cl)ccc2OCC(C)(C)C(=O)O)[C@]12C(=O)Nc1cc(Cl)ccc12. The molecule has 2 heterocycles. The number of rotatable bonds is 6. The summed E-state index contributed by atoms with van der Waals surface area (Å²) < 4.78 is 6.00. The third-order valence-electron chi connectivity index (χ3n) is 6.76. The molecule has 1 saturated heterocycles.